The molecule has 0 bridgehead atoms. The topological polar surface area (TPSA) is 34.9 Å². The first-order valence-electron chi connectivity index (χ1n) is 5.20. The predicted molar refractivity (Wildman–Crippen MR) is 61.6 cm³/mol. The normalized spacial score (nSPS) is 25.5. The van der Waals surface area contributed by atoms with E-state index in [0.717, 1.165) is 10.9 Å². The Labute approximate surface area is 98.0 Å². The first kappa shape index (κ1) is 10.9. The van der Waals surface area contributed by atoms with Crippen LogP contribution >= 0.6 is 15.9 Å². The first-order chi connectivity index (χ1) is 6.99. The molecule has 2 rings (SSSR count). The number of halogens is 1. The van der Waals surface area contributed by atoms with E-state index in [1.54, 1.807) is 6.20 Å². The fraction of sp³-hybridized carbons (Fsp3) is 0.636. The zero-order valence-electron chi connectivity index (χ0n) is 9.03. The second-order valence-electron chi connectivity index (χ2n) is 4.89. The summed E-state index contributed by atoms with van der Waals surface area (Å²) < 4.78 is 2.89. The highest BCUT2D eigenvalue weighted by Gasteiger charge is 2.37. The molecule has 0 radical (unpaired) electrons. The minimum absolute atomic E-state index is 0.152. The SMILES string of the molecule is CC1(C)CCC(=O)CC1n1cc(Br)cn1. The molecule has 0 spiro atoms. The molecular weight excluding hydrogens is 256 g/mol. The predicted octanol–water partition coefficient (Wildman–Crippen LogP) is 2.97. The van der Waals surface area contributed by atoms with E-state index in [1.807, 2.05) is 10.9 Å². The van der Waals surface area contributed by atoms with E-state index < -0.39 is 0 Å². The number of aromatic nitrogens is 2. The molecule has 4 heteroatoms. The summed E-state index contributed by atoms with van der Waals surface area (Å²) in [6.45, 7) is 4.42. The quantitative estimate of drug-likeness (QED) is 0.787. The van der Waals surface area contributed by atoms with Gasteiger partial charge < -0.3 is 0 Å². The first-order valence-corrected chi connectivity index (χ1v) is 6.00. The monoisotopic (exact) mass is 270 g/mol. The second-order valence-corrected chi connectivity index (χ2v) is 5.80. The highest BCUT2D eigenvalue weighted by molar-refractivity contribution is 9.10. The molecule has 0 aromatic carbocycles. The average molecular weight is 271 g/mol. The van der Waals surface area contributed by atoms with E-state index in [0.29, 0.717) is 18.6 Å². The molecule has 1 aromatic heterocycles. The maximum Gasteiger partial charge on any atom is 0.135 e. The van der Waals surface area contributed by atoms with Crippen LogP contribution in [0.3, 0.4) is 0 Å². The number of carbonyl (C=O) groups excluding carboxylic acids is 1. The van der Waals surface area contributed by atoms with Crippen LogP contribution in [0.5, 0.6) is 0 Å². The van der Waals surface area contributed by atoms with Gasteiger partial charge in [0.05, 0.1) is 16.7 Å². The Hall–Kier alpha value is -0.640. The van der Waals surface area contributed by atoms with Crippen molar-refractivity contribution in [2.75, 3.05) is 0 Å². The van der Waals surface area contributed by atoms with Gasteiger partial charge in [0.2, 0.25) is 0 Å². The molecule has 0 N–H and O–H groups in total. The van der Waals surface area contributed by atoms with Gasteiger partial charge in [-0.2, -0.15) is 5.10 Å². The van der Waals surface area contributed by atoms with Gasteiger partial charge in [0.1, 0.15) is 5.78 Å². The maximum absolute atomic E-state index is 11.5. The molecule has 82 valence electrons. The lowest BCUT2D eigenvalue weighted by Crippen LogP contribution is -2.34. The lowest BCUT2D eigenvalue weighted by Gasteiger charge is -2.37. The van der Waals surface area contributed by atoms with Gasteiger partial charge in [-0.25, -0.2) is 0 Å². The Kier molecular flexibility index (Phi) is 2.71. The van der Waals surface area contributed by atoms with Crippen LogP contribution < -0.4 is 0 Å². The van der Waals surface area contributed by atoms with Crippen molar-refractivity contribution >= 4 is 21.7 Å². The molecule has 1 aromatic rings. The number of rotatable bonds is 1. The van der Waals surface area contributed by atoms with Crippen molar-refractivity contribution in [1.29, 1.82) is 0 Å². The van der Waals surface area contributed by atoms with Gasteiger partial charge in [-0.1, -0.05) is 13.8 Å². The van der Waals surface area contributed by atoms with Crippen LogP contribution in [-0.2, 0) is 4.79 Å². The van der Waals surface area contributed by atoms with Gasteiger partial charge >= 0.3 is 0 Å². The average Bonchev–Trinajstić information content (AvgIpc) is 2.56. The molecule has 1 saturated carbocycles. The Balaban J connectivity index is 2.29. The number of ketones is 1. The van der Waals surface area contributed by atoms with Gasteiger partial charge in [-0.3, -0.25) is 9.48 Å². The standard InChI is InChI=1S/C11H15BrN2O/c1-11(2)4-3-9(15)5-10(11)14-7-8(12)6-13-14/h6-7,10H,3-5H2,1-2H3. The van der Waals surface area contributed by atoms with E-state index >= 15 is 0 Å². The Morgan fingerprint density at radius 2 is 2.33 bits per heavy atom. The van der Waals surface area contributed by atoms with Crippen molar-refractivity contribution in [2.24, 2.45) is 5.41 Å². The van der Waals surface area contributed by atoms with Crippen LogP contribution in [-0.4, -0.2) is 15.6 Å². The molecule has 15 heavy (non-hydrogen) atoms. The largest absolute Gasteiger partial charge is 0.300 e. The number of hydrogen-bond acceptors (Lipinski definition) is 2. The van der Waals surface area contributed by atoms with Crippen LogP contribution in [0, 0.1) is 5.41 Å². The third-order valence-corrected chi connectivity index (χ3v) is 3.67. The number of Topliss-reactive ketones (excluding diaryl/α,β-unsaturated/α-hetero) is 1. The van der Waals surface area contributed by atoms with E-state index in [2.05, 4.69) is 34.9 Å². The fourth-order valence-electron chi connectivity index (χ4n) is 2.16. The van der Waals surface area contributed by atoms with Crippen LogP contribution in [0.2, 0.25) is 0 Å². The lowest BCUT2D eigenvalue weighted by molar-refractivity contribution is -0.124. The van der Waals surface area contributed by atoms with Crippen molar-refractivity contribution < 1.29 is 4.79 Å². The number of nitrogens with zero attached hydrogens (tertiary/aromatic N) is 2. The summed E-state index contributed by atoms with van der Waals surface area (Å²) in [4.78, 5) is 11.5. The summed E-state index contributed by atoms with van der Waals surface area (Å²) in [7, 11) is 0. The summed E-state index contributed by atoms with van der Waals surface area (Å²) >= 11 is 3.38. The van der Waals surface area contributed by atoms with Crippen molar-refractivity contribution in [1.82, 2.24) is 9.78 Å². The van der Waals surface area contributed by atoms with E-state index in [9.17, 15) is 4.79 Å². The smallest absolute Gasteiger partial charge is 0.135 e. The van der Waals surface area contributed by atoms with Crippen LogP contribution in [0.4, 0.5) is 0 Å². The zero-order valence-corrected chi connectivity index (χ0v) is 10.6. The molecular formula is C11H15BrN2O. The summed E-state index contributed by atoms with van der Waals surface area (Å²) in [5.41, 5.74) is 0.152. The zero-order chi connectivity index (χ0) is 11.1. The maximum atomic E-state index is 11.5. The molecule has 1 aliphatic carbocycles. The summed E-state index contributed by atoms with van der Waals surface area (Å²) in [6.07, 6.45) is 6.00. The van der Waals surface area contributed by atoms with Gasteiger partial charge in [0.25, 0.3) is 0 Å². The van der Waals surface area contributed by atoms with E-state index in [-0.39, 0.29) is 11.5 Å². The summed E-state index contributed by atoms with van der Waals surface area (Å²) in [5.74, 6) is 0.353. The van der Waals surface area contributed by atoms with Gasteiger partial charge in [-0.05, 0) is 27.8 Å². The number of hydrogen-bond donors (Lipinski definition) is 0. The van der Waals surface area contributed by atoms with Gasteiger partial charge in [0, 0.05) is 19.0 Å². The third kappa shape index (κ3) is 2.14. The van der Waals surface area contributed by atoms with Crippen molar-refractivity contribution in [3.8, 4) is 0 Å². The highest BCUT2D eigenvalue weighted by atomic mass is 79.9. The minimum Gasteiger partial charge on any atom is -0.300 e. The third-order valence-electron chi connectivity index (χ3n) is 3.26. The lowest BCUT2D eigenvalue weighted by atomic mass is 9.73. The molecule has 1 aliphatic rings. The molecule has 1 unspecified atom stereocenters. The Morgan fingerprint density at radius 3 is 2.93 bits per heavy atom. The van der Waals surface area contributed by atoms with Crippen molar-refractivity contribution in [2.45, 2.75) is 39.2 Å². The Bertz CT molecular complexity index is 384. The molecule has 0 amide bonds. The molecule has 3 nitrogen and oxygen atoms in total. The fourth-order valence-corrected chi connectivity index (χ4v) is 2.46. The molecule has 1 heterocycles. The molecule has 0 saturated heterocycles. The van der Waals surface area contributed by atoms with Crippen LogP contribution in [0.25, 0.3) is 0 Å². The van der Waals surface area contributed by atoms with E-state index in [1.165, 1.54) is 0 Å². The van der Waals surface area contributed by atoms with Gasteiger partial charge in [-0.15, -0.1) is 0 Å². The molecule has 1 atom stereocenters. The van der Waals surface area contributed by atoms with Crippen LogP contribution in [0.15, 0.2) is 16.9 Å². The Morgan fingerprint density at radius 1 is 1.60 bits per heavy atom. The van der Waals surface area contributed by atoms with Crippen molar-refractivity contribution in [3.05, 3.63) is 16.9 Å². The molecule has 0 aliphatic heterocycles. The minimum atomic E-state index is 0.152. The van der Waals surface area contributed by atoms with Gasteiger partial charge in [0.15, 0.2) is 0 Å². The van der Waals surface area contributed by atoms with E-state index in [4.69, 9.17) is 0 Å². The second kappa shape index (κ2) is 3.74. The summed E-state index contributed by atoms with van der Waals surface area (Å²) in [5, 5.41) is 4.29. The molecule has 1 fully saturated rings. The summed E-state index contributed by atoms with van der Waals surface area (Å²) in [6, 6.07) is 0.199. The van der Waals surface area contributed by atoms with Crippen LogP contribution in [0.1, 0.15) is 39.2 Å². The highest BCUT2D eigenvalue weighted by Crippen LogP contribution is 2.42. The number of carbonyl (C=O) groups is 1. The van der Waals surface area contributed by atoms with Crippen molar-refractivity contribution in [3.63, 3.8) is 0 Å².